The van der Waals surface area contributed by atoms with Crippen molar-refractivity contribution in [2.45, 2.75) is 12.1 Å². The fraction of sp³-hybridized carbons (Fsp3) is 0.0870. The third-order valence-corrected chi connectivity index (χ3v) is 5.19. The molecular formula is C23H20N4O2S. The summed E-state index contributed by atoms with van der Waals surface area (Å²) < 4.78 is 5.72. The number of hydrogen-bond donors (Lipinski definition) is 1. The van der Waals surface area contributed by atoms with Gasteiger partial charge in [0.25, 0.3) is 5.22 Å². The van der Waals surface area contributed by atoms with E-state index < -0.39 is 0 Å². The third kappa shape index (κ3) is 4.69. The number of anilines is 2. The number of thioether (sulfide) groups is 1. The molecule has 150 valence electrons. The van der Waals surface area contributed by atoms with E-state index in [9.17, 15) is 4.79 Å². The standard InChI is InChI=1S/C23H20N4O2S/c1-17-10-8-9-15-20(17)22-24-25-23(29-22)30-16-21(28)26-27(18-11-4-2-5-12-18)19-13-6-3-7-14-19/h2-15H,16H2,1H3,(H,26,28). The zero-order valence-electron chi connectivity index (χ0n) is 16.4. The van der Waals surface area contributed by atoms with Crippen molar-refractivity contribution in [3.8, 4) is 11.5 Å². The lowest BCUT2D eigenvalue weighted by molar-refractivity contribution is -0.118. The van der Waals surface area contributed by atoms with Crippen LogP contribution in [0, 0.1) is 6.92 Å². The first kappa shape index (κ1) is 19.7. The molecule has 1 N–H and O–H groups in total. The van der Waals surface area contributed by atoms with Gasteiger partial charge in [0.2, 0.25) is 11.8 Å². The van der Waals surface area contributed by atoms with Crippen LogP contribution in [0.1, 0.15) is 5.56 Å². The normalized spacial score (nSPS) is 10.6. The van der Waals surface area contributed by atoms with Gasteiger partial charge in [0.05, 0.1) is 17.1 Å². The van der Waals surface area contributed by atoms with Crippen molar-refractivity contribution in [2.75, 3.05) is 10.8 Å². The second-order valence-electron chi connectivity index (χ2n) is 6.52. The SMILES string of the molecule is Cc1ccccc1-c1nnc(SCC(=O)NN(c2ccccc2)c2ccccc2)o1. The molecule has 7 heteroatoms. The Morgan fingerprint density at radius 3 is 2.13 bits per heavy atom. The van der Waals surface area contributed by atoms with E-state index >= 15 is 0 Å². The van der Waals surface area contributed by atoms with Gasteiger partial charge in [-0.3, -0.25) is 15.2 Å². The molecule has 1 amide bonds. The predicted octanol–water partition coefficient (Wildman–Crippen LogP) is 5.01. The van der Waals surface area contributed by atoms with Crippen LogP contribution in [0.15, 0.2) is 94.6 Å². The van der Waals surface area contributed by atoms with Gasteiger partial charge in [0.1, 0.15) is 0 Å². The summed E-state index contributed by atoms with van der Waals surface area (Å²) in [5, 5.41) is 10.3. The fourth-order valence-corrected chi connectivity index (χ4v) is 3.46. The molecule has 0 aliphatic heterocycles. The predicted molar refractivity (Wildman–Crippen MR) is 118 cm³/mol. The van der Waals surface area contributed by atoms with E-state index in [1.807, 2.05) is 91.9 Å². The molecule has 0 aliphatic rings. The van der Waals surface area contributed by atoms with Gasteiger partial charge in [-0.25, -0.2) is 0 Å². The molecule has 0 aliphatic carbocycles. The number of hydrogen-bond acceptors (Lipinski definition) is 6. The fourth-order valence-electron chi connectivity index (χ4n) is 2.91. The average molecular weight is 417 g/mol. The van der Waals surface area contributed by atoms with E-state index in [1.165, 1.54) is 11.8 Å². The zero-order valence-corrected chi connectivity index (χ0v) is 17.2. The monoisotopic (exact) mass is 416 g/mol. The number of hydrazine groups is 1. The Morgan fingerprint density at radius 1 is 0.900 bits per heavy atom. The lowest BCUT2D eigenvalue weighted by atomic mass is 10.1. The van der Waals surface area contributed by atoms with Gasteiger partial charge in [-0.05, 0) is 42.8 Å². The van der Waals surface area contributed by atoms with E-state index in [2.05, 4.69) is 15.6 Å². The molecule has 0 unspecified atom stereocenters. The van der Waals surface area contributed by atoms with Gasteiger partial charge < -0.3 is 4.42 Å². The first-order chi connectivity index (χ1) is 14.7. The Bertz CT molecular complexity index is 1080. The van der Waals surface area contributed by atoms with E-state index in [-0.39, 0.29) is 11.7 Å². The van der Waals surface area contributed by atoms with Gasteiger partial charge in [0, 0.05) is 5.56 Å². The number of rotatable bonds is 7. The molecule has 3 aromatic carbocycles. The number of aryl methyl sites for hydroxylation is 1. The molecule has 0 radical (unpaired) electrons. The summed E-state index contributed by atoms with van der Waals surface area (Å²) in [6.07, 6.45) is 0. The summed E-state index contributed by atoms with van der Waals surface area (Å²) >= 11 is 1.20. The minimum atomic E-state index is -0.177. The first-order valence-corrected chi connectivity index (χ1v) is 10.4. The third-order valence-electron chi connectivity index (χ3n) is 4.37. The Kier molecular flexibility index (Phi) is 6.10. The van der Waals surface area contributed by atoms with Gasteiger partial charge >= 0.3 is 0 Å². The second-order valence-corrected chi connectivity index (χ2v) is 7.44. The lowest BCUT2D eigenvalue weighted by Crippen LogP contribution is -2.39. The molecular weight excluding hydrogens is 396 g/mol. The minimum absolute atomic E-state index is 0.144. The Morgan fingerprint density at radius 2 is 1.50 bits per heavy atom. The number of aromatic nitrogens is 2. The maximum atomic E-state index is 12.6. The summed E-state index contributed by atoms with van der Waals surface area (Å²) in [7, 11) is 0. The average Bonchev–Trinajstić information content (AvgIpc) is 3.26. The van der Waals surface area contributed by atoms with Gasteiger partial charge in [-0.1, -0.05) is 66.4 Å². The van der Waals surface area contributed by atoms with Crippen molar-refractivity contribution < 1.29 is 9.21 Å². The quantitative estimate of drug-likeness (QED) is 0.337. The molecule has 4 aromatic rings. The smallest absolute Gasteiger partial charge is 0.277 e. The summed E-state index contributed by atoms with van der Waals surface area (Å²) in [4.78, 5) is 12.6. The molecule has 4 rings (SSSR count). The van der Waals surface area contributed by atoms with Gasteiger partial charge in [0.15, 0.2) is 0 Å². The van der Waals surface area contributed by atoms with Crippen molar-refractivity contribution in [1.29, 1.82) is 0 Å². The minimum Gasteiger partial charge on any atom is -0.411 e. The van der Waals surface area contributed by atoms with Crippen LogP contribution < -0.4 is 10.4 Å². The number of nitrogens with one attached hydrogen (secondary N) is 1. The zero-order chi connectivity index (χ0) is 20.8. The Hall–Kier alpha value is -3.58. The molecule has 0 fully saturated rings. The van der Waals surface area contributed by atoms with E-state index in [0.717, 1.165) is 22.5 Å². The molecule has 0 spiro atoms. The molecule has 6 nitrogen and oxygen atoms in total. The number of benzene rings is 3. The number of nitrogens with zero attached hydrogens (tertiary/aromatic N) is 3. The molecule has 1 aromatic heterocycles. The van der Waals surface area contributed by atoms with Crippen LogP contribution in [-0.4, -0.2) is 21.9 Å². The Balaban J connectivity index is 1.43. The first-order valence-electron chi connectivity index (χ1n) is 9.43. The van der Waals surface area contributed by atoms with Crippen molar-refractivity contribution in [2.24, 2.45) is 0 Å². The van der Waals surface area contributed by atoms with Crippen LogP contribution in [0.2, 0.25) is 0 Å². The van der Waals surface area contributed by atoms with Crippen LogP contribution in [0.5, 0.6) is 0 Å². The van der Waals surface area contributed by atoms with E-state index in [1.54, 1.807) is 5.01 Å². The molecule has 0 saturated heterocycles. The van der Waals surface area contributed by atoms with Gasteiger partial charge in [-0.15, -0.1) is 10.2 Å². The number of carbonyl (C=O) groups is 1. The van der Waals surface area contributed by atoms with Crippen LogP contribution in [0.4, 0.5) is 11.4 Å². The molecule has 1 heterocycles. The lowest BCUT2D eigenvalue weighted by Gasteiger charge is -2.25. The maximum Gasteiger partial charge on any atom is 0.277 e. The second kappa shape index (κ2) is 9.28. The molecule has 0 atom stereocenters. The molecule has 30 heavy (non-hydrogen) atoms. The highest BCUT2D eigenvalue weighted by molar-refractivity contribution is 7.99. The highest BCUT2D eigenvalue weighted by atomic mass is 32.2. The van der Waals surface area contributed by atoms with Crippen molar-refractivity contribution >= 4 is 29.0 Å². The number of para-hydroxylation sites is 2. The van der Waals surface area contributed by atoms with Crippen LogP contribution >= 0.6 is 11.8 Å². The molecule has 0 saturated carbocycles. The topological polar surface area (TPSA) is 71.3 Å². The summed E-state index contributed by atoms with van der Waals surface area (Å²) in [6, 6.07) is 27.1. The van der Waals surface area contributed by atoms with E-state index in [0.29, 0.717) is 11.1 Å². The van der Waals surface area contributed by atoms with Crippen LogP contribution in [0.3, 0.4) is 0 Å². The molecule has 0 bridgehead atoms. The van der Waals surface area contributed by atoms with Crippen molar-refractivity contribution in [3.05, 3.63) is 90.5 Å². The largest absolute Gasteiger partial charge is 0.411 e. The number of amides is 1. The van der Waals surface area contributed by atoms with E-state index in [4.69, 9.17) is 4.42 Å². The summed E-state index contributed by atoms with van der Waals surface area (Å²) in [6.45, 7) is 1.99. The van der Waals surface area contributed by atoms with Gasteiger partial charge in [-0.2, -0.15) is 0 Å². The van der Waals surface area contributed by atoms with Crippen LogP contribution in [-0.2, 0) is 4.79 Å². The van der Waals surface area contributed by atoms with Crippen molar-refractivity contribution in [3.63, 3.8) is 0 Å². The van der Waals surface area contributed by atoms with Crippen molar-refractivity contribution in [1.82, 2.24) is 15.6 Å². The highest BCUT2D eigenvalue weighted by Crippen LogP contribution is 2.26. The Labute approximate surface area is 178 Å². The maximum absolute atomic E-state index is 12.6. The van der Waals surface area contributed by atoms with Crippen LogP contribution in [0.25, 0.3) is 11.5 Å². The summed E-state index contributed by atoms with van der Waals surface area (Å²) in [5.41, 5.74) is 6.62. The number of carbonyl (C=O) groups excluding carboxylic acids is 1. The summed E-state index contributed by atoms with van der Waals surface area (Å²) in [5.74, 6) is 0.417. The highest BCUT2D eigenvalue weighted by Gasteiger charge is 2.15.